The highest BCUT2D eigenvalue weighted by Gasteiger charge is 2.21. The van der Waals surface area contributed by atoms with Gasteiger partial charge in [-0.25, -0.2) is 8.42 Å². The molecule has 0 aliphatic heterocycles. The summed E-state index contributed by atoms with van der Waals surface area (Å²) in [5.74, 6) is -0.500. The predicted molar refractivity (Wildman–Crippen MR) is 83.6 cm³/mol. The lowest BCUT2D eigenvalue weighted by atomic mass is 10.2. The summed E-state index contributed by atoms with van der Waals surface area (Å²) in [4.78, 5) is 23.4. The van der Waals surface area contributed by atoms with Gasteiger partial charge in [0.1, 0.15) is 21.6 Å². The van der Waals surface area contributed by atoms with Gasteiger partial charge in [0.25, 0.3) is 0 Å². The average Bonchev–Trinajstić information content (AvgIpc) is 2.42. The van der Waals surface area contributed by atoms with E-state index in [1.807, 2.05) is 0 Å². The van der Waals surface area contributed by atoms with Crippen LogP contribution in [-0.2, 0) is 19.4 Å². The van der Waals surface area contributed by atoms with Crippen LogP contribution in [0.5, 0.6) is 5.75 Å². The number of benzene rings is 1. The molecule has 122 valence electrons. The topological polar surface area (TPSA) is 102 Å². The van der Waals surface area contributed by atoms with Crippen molar-refractivity contribution in [2.75, 3.05) is 24.4 Å². The third kappa shape index (κ3) is 6.57. The first-order valence-electron chi connectivity index (χ1n) is 6.61. The van der Waals surface area contributed by atoms with Crippen molar-refractivity contribution in [3.63, 3.8) is 0 Å². The van der Waals surface area contributed by atoms with Gasteiger partial charge < -0.3 is 15.4 Å². The van der Waals surface area contributed by atoms with Crippen molar-refractivity contribution in [1.82, 2.24) is 5.32 Å². The lowest BCUT2D eigenvalue weighted by Gasteiger charge is -2.17. The Kier molecular flexibility index (Phi) is 6.36. The number of sulfone groups is 1. The van der Waals surface area contributed by atoms with Crippen LogP contribution < -0.4 is 15.4 Å². The Labute approximate surface area is 130 Å². The molecule has 22 heavy (non-hydrogen) atoms. The van der Waals surface area contributed by atoms with E-state index in [9.17, 15) is 18.0 Å². The van der Waals surface area contributed by atoms with Crippen LogP contribution in [0, 0.1) is 0 Å². The van der Waals surface area contributed by atoms with E-state index in [-0.39, 0.29) is 12.2 Å². The highest BCUT2D eigenvalue weighted by Crippen LogP contribution is 2.17. The van der Waals surface area contributed by atoms with Crippen LogP contribution in [0.1, 0.15) is 13.3 Å². The van der Waals surface area contributed by atoms with Crippen LogP contribution in [-0.4, -0.2) is 45.4 Å². The van der Waals surface area contributed by atoms with Crippen molar-refractivity contribution < 1.29 is 22.7 Å². The van der Waals surface area contributed by atoms with Crippen molar-refractivity contribution in [2.24, 2.45) is 0 Å². The molecule has 7 nitrogen and oxygen atoms in total. The van der Waals surface area contributed by atoms with E-state index in [4.69, 9.17) is 4.74 Å². The zero-order valence-electron chi connectivity index (χ0n) is 12.8. The van der Waals surface area contributed by atoms with Crippen LogP contribution in [0.2, 0.25) is 0 Å². The molecular weight excluding hydrogens is 308 g/mol. The summed E-state index contributed by atoms with van der Waals surface area (Å²) in [6.07, 6.45) is 1.09. The monoisotopic (exact) mass is 328 g/mol. The number of nitrogens with one attached hydrogen (secondary N) is 2. The number of hydrogen-bond acceptors (Lipinski definition) is 5. The number of amides is 2. The molecule has 0 fully saturated rings. The Morgan fingerprint density at radius 3 is 2.55 bits per heavy atom. The summed E-state index contributed by atoms with van der Waals surface area (Å²) in [5, 5.41) is 5.08. The van der Waals surface area contributed by atoms with Crippen molar-refractivity contribution in [3.05, 3.63) is 24.3 Å². The van der Waals surface area contributed by atoms with Gasteiger partial charge in [-0.15, -0.1) is 0 Å². The van der Waals surface area contributed by atoms with E-state index in [0.29, 0.717) is 11.4 Å². The van der Waals surface area contributed by atoms with Gasteiger partial charge in [-0.05, 0) is 18.6 Å². The van der Waals surface area contributed by atoms with E-state index in [1.165, 1.54) is 14.0 Å². The number of anilines is 1. The van der Waals surface area contributed by atoms with Gasteiger partial charge >= 0.3 is 0 Å². The molecule has 0 heterocycles. The molecule has 0 radical (unpaired) electrons. The lowest BCUT2D eigenvalue weighted by Crippen LogP contribution is -2.43. The maximum absolute atomic E-state index is 12.2. The van der Waals surface area contributed by atoms with Crippen molar-refractivity contribution >= 4 is 27.3 Å². The minimum Gasteiger partial charge on any atom is -0.497 e. The quantitative estimate of drug-likeness (QED) is 0.762. The molecule has 0 aromatic heterocycles. The second kappa shape index (κ2) is 7.79. The highest BCUT2D eigenvalue weighted by atomic mass is 32.2. The predicted octanol–water partition coefficient (Wildman–Crippen LogP) is 0.573. The normalized spacial score (nSPS) is 12.3. The molecule has 0 bridgehead atoms. The summed E-state index contributed by atoms with van der Waals surface area (Å²) in [5.41, 5.74) is 0.499. The fourth-order valence-corrected chi connectivity index (χ4v) is 2.44. The molecule has 0 aliphatic carbocycles. The minimum absolute atomic E-state index is 0.00815. The van der Waals surface area contributed by atoms with Gasteiger partial charge in [-0.3, -0.25) is 9.59 Å². The number of methoxy groups -OCH3 is 1. The van der Waals surface area contributed by atoms with Gasteiger partial charge in [0, 0.05) is 24.9 Å². The van der Waals surface area contributed by atoms with Crippen molar-refractivity contribution in [2.45, 2.75) is 19.4 Å². The summed E-state index contributed by atoms with van der Waals surface area (Å²) < 4.78 is 27.5. The number of carbonyl (C=O) groups is 2. The van der Waals surface area contributed by atoms with Gasteiger partial charge in [0.15, 0.2) is 0 Å². The molecule has 1 aromatic carbocycles. The molecule has 1 aromatic rings. The molecule has 2 N–H and O–H groups in total. The van der Waals surface area contributed by atoms with E-state index in [0.717, 1.165) is 6.26 Å². The van der Waals surface area contributed by atoms with E-state index in [1.54, 1.807) is 24.3 Å². The van der Waals surface area contributed by atoms with Gasteiger partial charge in [-0.1, -0.05) is 6.07 Å². The van der Waals surface area contributed by atoms with Gasteiger partial charge in [-0.2, -0.15) is 0 Å². The average molecular weight is 328 g/mol. The molecule has 2 amide bonds. The zero-order valence-corrected chi connectivity index (χ0v) is 13.6. The molecule has 1 atom stereocenters. The molecule has 8 heteroatoms. The van der Waals surface area contributed by atoms with E-state index in [2.05, 4.69) is 10.6 Å². The molecule has 0 saturated carbocycles. The van der Waals surface area contributed by atoms with Crippen molar-refractivity contribution in [1.29, 1.82) is 0 Å². The second-order valence-electron chi connectivity index (χ2n) is 4.89. The maximum Gasteiger partial charge on any atom is 0.246 e. The van der Waals surface area contributed by atoms with Crippen LogP contribution in [0.4, 0.5) is 5.69 Å². The molecule has 1 rings (SSSR count). The SMILES string of the molecule is COc1cccc(NC(=O)[C@H](CCS(C)(=O)=O)NC(C)=O)c1. The van der Waals surface area contributed by atoms with Crippen LogP contribution >= 0.6 is 0 Å². The number of carbonyl (C=O) groups excluding carboxylic acids is 2. The highest BCUT2D eigenvalue weighted by molar-refractivity contribution is 7.90. The van der Waals surface area contributed by atoms with Crippen molar-refractivity contribution in [3.8, 4) is 5.75 Å². The third-order valence-corrected chi connectivity index (χ3v) is 3.79. The Hall–Kier alpha value is -2.09. The van der Waals surface area contributed by atoms with E-state index >= 15 is 0 Å². The largest absolute Gasteiger partial charge is 0.497 e. The third-order valence-electron chi connectivity index (χ3n) is 2.81. The second-order valence-corrected chi connectivity index (χ2v) is 7.15. The van der Waals surface area contributed by atoms with Crippen LogP contribution in [0.15, 0.2) is 24.3 Å². The maximum atomic E-state index is 12.2. The first-order valence-corrected chi connectivity index (χ1v) is 8.67. The minimum atomic E-state index is -3.22. The number of hydrogen-bond donors (Lipinski definition) is 2. The van der Waals surface area contributed by atoms with Crippen LogP contribution in [0.25, 0.3) is 0 Å². The lowest BCUT2D eigenvalue weighted by molar-refractivity contribution is -0.125. The zero-order chi connectivity index (χ0) is 16.8. The van der Waals surface area contributed by atoms with Gasteiger partial charge in [0.2, 0.25) is 11.8 Å². The summed E-state index contributed by atoms with van der Waals surface area (Å²) in [6.45, 7) is 1.27. The van der Waals surface area contributed by atoms with Gasteiger partial charge in [0.05, 0.1) is 12.9 Å². The van der Waals surface area contributed by atoms with Crippen LogP contribution in [0.3, 0.4) is 0 Å². The number of ether oxygens (including phenoxy) is 1. The Balaban J connectivity index is 2.79. The number of rotatable bonds is 7. The Bertz CT molecular complexity index is 642. The fraction of sp³-hybridized carbons (Fsp3) is 0.429. The molecule has 0 unspecified atom stereocenters. The molecule has 0 spiro atoms. The first kappa shape index (κ1) is 18.0. The standard InChI is InChI=1S/C14H20N2O5S/c1-10(17)15-13(7-8-22(3,19)20)14(18)16-11-5-4-6-12(9-11)21-2/h4-6,9,13H,7-8H2,1-3H3,(H,15,17)(H,16,18)/t13-/m0/s1. The molecule has 0 saturated heterocycles. The molecular formula is C14H20N2O5S. The Morgan fingerprint density at radius 1 is 1.32 bits per heavy atom. The van der Waals surface area contributed by atoms with E-state index < -0.39 is 27.7 Å². The summed E-state index contributed by atoms with van der Waals surface area (Å²) in [7, 11) is -1.72. The fourth-order valence-electron chi connectivity index (χ4n) is 1.78. The molecule has 0 aliphatic rings. The Morgan fingerprint density at radius 2 is 2.00 bits per heavy atom. The summed E-state index contributed by atoms with van der Waals surface area (Å²) in [6, 6.07) is 5.81. The first-order chi connectivity index (χ1) is 10.2. The summed E-state index contributed by atoms with van der Waals surface area (Å²) >= 11 is 0. The smallest absolute Gasteiger partial charge is 0.246 e.